The van der Waals surface area contributed by atoms with Crippen molar-refractivity contribution in [2.24, 2.45) is 5.92 Å². The van der Waals surface area contributed by atoms with Gasteiger partial charge in [-0.05, 0) is 77.9 Å². The summed E-state index contributed by atoms with van der Waals surface area (Å²) in [7, 11) is 0. The molecule has 0 N–H and O–H groups in total. The van der Waals surface area contributed by atoms with Gasteiger partial charge in [0, 0.05) is 5.56 Å². The standard InChI is InChI=1S/C29H30F4/c1-2-3-4-5-19-6-8-20(9-7-19)21-10-12-22(13-11-21)23-14-15-25(26(30)16-23)24-17-27(31)29(33)28(32)18-24/h10-20H,2-9H2,1H3/i17D. The molecule has 0 saturated heterocycles. The van der Waals surface area contributed by atoms with Gasteiger partial charge in [0.2, 0.25) is 0 Å². The van der Waals surface area contributed by atoms with Crippen molar-refractivity contribution in [2.45, 2.75) is 64.2 Å². The third kappa shape index (κ3) is 5.48. The van der Waals surface area contributed by atoms with Crippen molar-refractivity contribution < 1.29 is 18.9 Å². The highest BCUT2D eigenvalue weighted by atomic mass is 19.2. The Bertz CT molecular complexity index is 1130. The maximum Gasteiger partial charge on any atom is 0.194 e. The molecular formula is C29H30F4. The van der Waals surface area contributed by atoms with Crippen molar-refractivity contribution in [3.63, 3.8) is 0 Å². The molecule has 0 amide bonds. The molecule has 3 aromatic carbocycles. The molecule has 33 heavy (non-hydrogen) atoms. The van der Waals surface area contributed by atoms with Crippen LogP contribution in [0.1, 0.15) is 71.1 Å². The average molecular weight is 456 g/mol. The molecule has 3 aromatic rings. The van der Waals surface area contributed by atoms with Gasteiger partial charge in [-0.1, -0.05) is 69.0 Å². The van der Waals surface area contributed by atoms with Crippen LogP contribution in [0, 0.1) is 29.2 Å². The molecule has 1 aliphatic rings. The number of hydrogen-bond acceptors (Lipinski definition) is 0. The van der Waals surface area contributed by atoms with Crippen LogP contribution in [0.25, 0.3) is 22.3 Å². The lowest BCUT2D eigenvalue weighted by Gasteiger charge is -2.29. The average Bonchev–Trinajstić information content (AvgIpc) is 2.86. The van der Waals surface area contributed by atoms with E-state index in [1.807, 2.05) is 12.1 Å². The van der Waals surface area contributed by atoms with E-state index in [2.05, 4.69) is 19.1 Å². The third-order valence-corrected chi connectivity index (χ3v) is 6.96. The lowest BCUT2D eigenvalue weighted by molar-refractivity contribution is 0.303. The summed E-state index contributed by atoms with van der Waals surface area (Å²) in [5, 5.41) is 0. The molecule has 0 bridgehead atoms. The van der Waals surface area contributed by atoms with Gasteiger partial charge < -0.3 is 0 Å². The van der Waals surface area contributed by atoms with Crippen molar-refractivity contribution in [2.75, 3.05) is 0 Å². The summed E-state index contributed by atoms with van der Waals surface area (Å²) in [6.45, 7) is 2.24. The smallest absolute Gasteiger partial charge is 0.194 e. The minimum absolute atomic E-state index is 0.140. The minimum Gasteiger partial charge on any atom is -0.206 e. The molecule has 0 unspecified atom stereocenters. The van der Waals surface area contributed by atoms with Gasteiger partial charge in [0.05, 0.1) is 1.37 Å². The van der Waals surface area contributed by atoms with E-state index in [4.69, 9.17) is 1.37 Å². The van der Waals surface area contributed by atoms with Gasteiger partial charge in [0.15, 0.2) is 17.5 Å². The molecule has 0 atom stereocenters. The lowest BCUT2D eigenvalue weighted by Crippen LogP contribution is -2.13. The summed E-state index contributed by atoms with van der Waals surface area (Å²) >= 11 is 0. The van der Waals surface area contributed by atoms with Gasteiger partial charge in [-0.15, -0.1) is 0 Å². The molecule has 0 aliphatic heterocycles. The van der Waals surface area contributed by atoms with Crippen LogP contribution < -0.4 is 0 Å². The highest BCUT2D eigenvalue weighted by Gasteiger charge is 2.22. The summed E-state index contributed by atoms with van der Waals surface area (Å²) in [6, 6.07) is 12.3. The molecule has 1 fully saturated rings. The number of unbranched alkanes of at least 4 members (excludes halogenated alkanes) is 2. The van der Waals surface area contributed by atoms with E-state index in [0.29, 0.717) is 17.5 Å². The van der Waals surface area contributed by atoms with Gasteiger partial charge in [-0.2, -0.15) is 0 Å². The maximum absolute atomic E-state index is 14.9. The predicted molar refractivity (Wildman–Crippen MR) is 126 cm³/mol. The normalized spacial score (nSPS) is 18.9. The molecule has 174 valence electrons. The van der Waals surface area contributed by atoms with Gasteiger partial charge in [0.1, 0.15) is 5.82 Å². The van der Waals surface area contributed by atoms with Crippen LogP contribution in [-0.4, -0.2) is 0 Å². The van der Waals surface area contributed by atoms with E-state index in [9.17, 15) is 17.6 Å². The first-order valence-electron chi connectivity index (χ1n) is 12.4. The minimum atomic E-state index is -1.73. The summed E-state index contributed by atoms with van der Waals surface area (Å²) in [6.07, 6.45) is 10.3. The van der Waals surface area contributed by atoms with E-state index in [0.717, 1.165) is 11.5 Å². The van der Waals surface area contributed by atoms with Gasteiger partial charge in [-0.3, -0.25) is 0 Å². The Morgan fingerprint density at radius 1 is 0.758 bits per heavy atom. The van der Waals surface area contributed by atoms with Crippen LogP contribution in [0.3, 0.4) is 0 Å². The number of hydrogen-bond donors (Lipinski definition) is 0. The van der Waals surface area contributed by atoms with Crippen molar-refractivity contribution in [3.05, 3.63) is 83.4 Å². The van der Waals surface area contributed by atoms with Crippen molar-refractivity contribution >= 4 is 0 Å². The van der Waals surface area contributed by atoms with Gasteiger partial charge >= 0.3 is 0 Å². The first kappa shape index (κ1) is 22.2. The monoisotopic (exact) mass is 455 g/mol. The second-order valence-electron chi connectivity index (χ2n) is 9.19. The van der Waals surface area contributed by atoms with Crippen molar-refractivity contribution in [3.8, 4) is 22.3 Å². The van der Waals surface area contributed by atoms with Crippen LogP contribution in [0.2, 0.25) is 0 Å². The molecule has 4 heteroatoms. The van der Waals surface area contributed by atoms with Gasteiger partial charge in [-0.25, -0.2) is 17.6 Å². The Morgan fingerprint density at radius 2 is 1.42 bits per heavy atom. The van der Waals surface area contributed by atoms with Gasteiger partial charge in [0.25, 0.3) is 0 Å². The first-order valence-corrected chi connectivity index (χ1v) is 11.9. The molecule has 4 rings (SSSR count). The van der Waals surface area contributed by atoms with Crippen LogP contribution in [0.15, 0.2) is 54.6 Å². The quantitative estimate of drug-likeness (QED) is 0.189. The molecule has 0 spiro atoms. The third-order valence-electron chi connectivity index (χ3n) is 6.96. The van der Waals surface area contributed by atoms with E-state index < -0.39 is 29.3 Å². The second-order valence-corrected chi connectivity index (χ2v) is 9.19. The SMILES string of the molecule is [2H]c1c(-c2ccc(-c3ccc(C4CCC(CCCCC)CC4)cc3)cc2F)cc(F)c(F)c1F. The Labute approximate surface area is 195 Å². The first-order chi connectivity index (χ1) is 16.4. The fraction of sp³-hybridized carbons (Fsp3) is 0.379. The van der Waals surface area contributed by atoms with Crippen molar-refractivity contribution in [1.82, 2.24) is 0 Å². The molecule has 1 aliphatic carbocycles. The Morgan fingerprint density at radius 3 is 2.09 bits per heavy atom. The molecular weight excluding hydrogens is 424 g/mol. The summed E-state index contributed by atoms with van der Waals surface area (Å²) < 4.78 is 63.3. The largest absolute Gasteiger partial charge is 0.206 e. The lowest BCUT2D eigenvalue weighted by atomic mass is 9.77. The predicted octanol–water partition coefficient (Wildman–Crippen LogP) is 9.43. The molecule has 0 radical (unpaired) electrons. The molecule has 0 heterocycles. The Hall–Kier alpha value is -2.62. The fourth-order valence-corrected chi connectivity index (χ4v) is 4.98. The number of benzene rings is 3. The molecule has 0 aromatic heterocycles. The fourth-order valence-electron chi connectivity index (χ4n) is 4.98. The maximum atomic E-state index is 14.9. The molecule has 0 nitrogen and oxygen atoms in total. The number of halogens is 4. The zero-order valence-electron chi connectivity index (χ0n) is 19.9. The van der Waals surface area contributed by atoms with Crippen LogP contribution in [0.5, 0.6) is 0 Å². The second kappa shape index (κ2) is 10.5. The van der Waals surface area contributed by atoms with Crippen molar-refractivity contribution in [1.29, 1.82) is 0 Å². The summed E-state index contributed by atoms with van der Waals surface area (Å²) in [4.78, 5) is 0. The Kier molecular flexibility index (Phi) is 7.09. The highest BCUT2D eigenvalue weighted by molar-refractivity contribution is 5.71. The van der Waals surface area contributed by atoms with E-state index >= 15 is 0 Å². The van der Waals surface area contributed by atoms with E-state index in [-0.39, 0.29) is 11.1 Å². The van der Waals surface area contributed by atoms with E-state index in [1.165, 1.54) is 69.1 Å². The zero-order chi connectivity index (χ0) is 24.2. The topological polar surface area (TPSA) is 0 Å². The summed E-state index contributed by atoms with van der Waals surface area (Å²) in [5.41, 5.74) is 2.32. The van der Waals surface area contributed by atoms with Crippen LogP contribution >= 0.6 is 0 Å². The zero-order valence-corrected chi connectivity index (χ0v) is 18.9. The van der Waals surface area contributed by atoms with E-state index in [1.54, 1.807) is 6.07 Å². The van der Waals surface area contributed by atoms with Crippen LogP contribution in [0.4, 0.5) is 17.6 Å². The van der Waals surface area contributed by atoms with Crippen LogP contribution in [-0.2, 0) is 0 Å². The Balaban J connectivity index is 1.47. The molecule has 1 saturated carbocycles. The summed E-state index contributed by atoms with van der Waals surface area (Å²) in [5.74, 6) is -4.09. The highest BCUT2D eigenvalue weighted by Crippen LogP contribution is 2.38. The number of rotatable bonds is 7.